The van der Waals surface area contributed by atoms with Crippen molar-refractivity contribution in [1.82, 2.24) is 4.57 Å². The van der Waals surface area contributed by atoms with E-state index in [-0.39, 0.29) is 0 Å². The fourth-order valence-corrected chi connectivity index (χ4v) is 3.81. The quantitative estimate of drug-likeness (QED) is 0.579. The number of benzene rings is 1. The monoisotopic (exact) mass is 383 g/mol. The van der Waals surface area contributed by atoms with Gasteiger partial charge in [0.25, 0.3) is 0 Å². The fourth-order valence-electron chi connectivity index (χ4n) is 2.42. The van der Waals surface area contributed by atoms with E-state index in [1.807, 2.05) is 17.7 Å². The molecule has 0 amide bonds. The second kappa shape index (κ2) is 6.56. The minimum Gasteiger partial charge on any atom is -0.478 e. The summed E-state index contributed by atoms with van der Waals surface area (Å²) in [6.07, 6.45) is 1.95. The summed E-state index contributed by atoms with van der Waals surface area (Å²) in [5.41, 5.74) is 2.06. The molecule has 4 nitrogen and oxygen atoms in total. The lowest BCUT2D eigenvalue weighted by atomic mass is 10.1. The van der Waals surface area contributed by atoms with Crippen molar-refractivity contribution >= 4 is 40.9 Å². The number of hydrogen-bond donors (Lipinski definition) is 1. The highest BCUT2D eigenvalue weighted by atomic mass is 79.9. The zero-order valence-corrected chi connectivity index (χ0v) is 16.0. The maximum absolute atomic E-state index is 11.5. The van der Waals surface area contributed by atoms with Gasteiger partial charge in [-0.3, -0.25) is 0 Å². The summed E-state index contributed by atoms with van der Waals surface area (Å²) in [5.74, 6) is -0.918. The van der Waals surface area contributed by atoms with E-state index in [0.29, 0.717) is 24.4 Å². The summed E-state index contributed by atoms with van der Waals surface area (Å²) in [5, 5.41) is 10.4. The van der Waals surface area contributed by atoms with Crippen molar-refractivity contribution in [1.29, 1.82) is 0 Å². The van der Waals surface area contributed by atoms with Crippen LogP contribution >= 0.6 is 15.9 Å². The Morgan fingerprint density at radius 1 is 1.36 bits per heavy atom. The summed E-state index contributed by atoms with van der Waals surface area (Å²) in [4.78, 5) is 11.5. The lowest BCUT2D eigenvalue weighted by Gasteiger charge is -2.16. The Balaban J connectivity index is 2.30. The van der Waals surface area contributed by atoms with Crippen LogP contribution in [0.1, 0.15) is 15.9 Å². The predicted molar refractivity (Wildman–Crippen MR) is 95.4 cm³/mol. The number of aryl methyl sites for hydroxylation is 1. The van der Waals surface area contributed by atoms with E-state index in [1.165, 1.54) is 0 Å². The Kier molecular flexibility index (Phi) is 5.14. The minimum absolute atomic E-state index is 0.306. The molecule has 0 aliphatic heterocycles. The molecule has 6 heteroatoms. The van der Waals surface area contributed by atoms with Gasteiger partial charge in [0.2, 0.25) is 0 Å². The third-order valence-corrected chi connectivity index (χ3v) is 5.98. The number of carboxylic acids is 1. The number of aromatic carboxylic acids is 1. The van der Waals surface area contributed by atoms with E-state index in [1.54, 1.807) is 12.1 Å². The largest absolute Gasteiger partial charge is 0.478 e. The average molecular weight is 384 g/mol. The number of ether oxygens (including phenoxy) is 1. The minimum atomic E-state index is -1.12. The van der Waals surface area contributed by atoms with E-state index >= 15 is 0 Å². The number of aromatic nitrogens is 1. The Morgan fingerprint density at radius 2 is 2.05 bits per heavy atom. The molecule has 120 valence electrons. The first-order chi connectivity index (χ1) is 10.2. The van der Waals surface area contributed by atoms with Crippen LogP contribution < -0.4 is 0 Å². The van der Waals surface area contributed by atoms with Crippen LogP contribution in [0, 0.1) is 6.92 Å². The standard InChI is InChI=1S/C16H22BrNO3Si/c1-11-9-18(10-21-7-8-22(2,3)4)15-12(16(19)20)5-6-13(17)14(11)15/h5-6,9H,7-8,10H2,1-4H3,(H,19,20). The van der Waals surface area contributed by atoms with Crippen molar-refractivity contribution in [3.05, 3.63) is 33.9 Å². The molecule has 0 atom stereocenters. The highest BCUT2D eigenvalue weighted by Gasteiger charge is 2.17. The summed E-state index contributed by atoms with van der Waals surface area (Å²) >= 11 is 3.51. The summed E-state index contributed by atoms with van der Waals surface area (Å²) < 4.78 is 8.58. The van der Waals surface area contributed by atoms with E-state index < -0.39 is 14.0 Å². The van der Waals surface area contributed by atoms with Crippen molar-refractivity contribution in [2.45, 2.75) is 39.3 Å². The van der Waals surface area contributed by atoms with Crippen molar-refractivity contribution in [3.8, 4) is 0 Å². The first-order valence-electron chi connectivity index (χ1n) is 7.30. The van der Waals surface area contributed by atoms with Gasteiger partial charge in [-0.25, -0.2) is 4.79 Å². The second-order valence-electron chi connectivity index (χ2n) is 6.75. The van der Waals surface area contributed by atoms with Crippen LogP contribution in [-0.4, -0.2) is 30.3 Å². The number of carboxylic acid groups (broad SMARTS) is 1. The number of fused-ring (bicyclic) bond motifs is 1. The first-order valence-corrected chi connectivity index (χ1v) is 11.8. The molecule has 0 aliphatic carbocycles. The topological polar surface area (TPSA) is 51.5 Å². The highest BCUT2D eigenvalue weighted by Crippen LogP contribution is 2.31. The maximum atomic E-state index is 11.5. The lowest BCUT2D eigenvalue weighted by Crippen LogP contribution is -2.22. The smallest absolute Gasteiger partial charge is 0.337 e. The number of carbonyl (C=O) groups is 1. The molecule has 2 aromatic rings. The van der Waals surface area contributed by atoms with Gasteiger partial charge in [0.05, 0.1) is 11.1 Å². The number of rotatable bonds is 6. The van der Waals surface area contributed by atoms with E-state index in [0.717, 1.165) is 21.5 Å². The summed E-state index contributed by atoms with van der Waals surface area (Å²) in [6.45, 7) is 10.0. The van der Waals surface area contributed by atoms with Gasteiger partial charge in [0.15, 0.2) is 0 Å². The summed E-state index contributed by atoms with van der Waals surface area (Å²) in [6, 6.07) is 4.52. The van der Waals surface area contributed by atoms with Crippen LogP contribution in [0.5, 0.6) is 0 Å². The normalized spacial score (nSPS) is 12.0. The Bertz CT molecular complexity index is 703. The molecule has 1 aromatic carbocycles. The van der Waals surface area contributed by atoms with Gasteiger partial charge in [-0.2, -0.15) is 0 Å². The SMILES string of the molecule is Cc1cn(COCC[Si](C)(C)C)c2c(C(=O)O)ccc(Br)c12. The second-order valence-corrected chi connectivity index (χ2v) is 13.2. The van der Waals surface area contributed by atoms with Crippen LogP contribution in [0.4, 0.5) is 0 Å². The maximum Gasteiger partial charge on any atom is 0.337 e. The molecule has 1 heterocycles. The highest BCUT2D eigenvalue weighted by molar-refractivity contribution is 9.10. The van der Waals surface area contributed by atoms with Gasteiger partial charge < -0.3 is 14.4 Å². The molecule has 0 aliphatic rings. The molecule has 0 unspecified atom stereocenters. The van der Waals surface area contributed by atoms with Gasteiger partial charge >= 0.3 is 5.97 Å². The van der Waals surface area contributed by atoms with Gasteiger partial charge in [-0.15, -0.1) is 0 Å². The molecule has 0 saturated heterocycles. The first kappa shape index (κ1) is 17.2. The van der Waals surface area contributed by atoms with Gasteiger partial charge in [0, 0.05) is 30.7 Å². The van der Waals surface area contributed by atoms with Gasteiger partial charge in [-0.1, -0.05) is 35.6 Å². The number of halogens is 1. The molecule has 0 fully saturated rings. The zero-order chi connectivity index (χ0) is 16.5. The molecular formula is C16H22BrNO3Si. The Labute approximate surface area is 140 Å². The molecular weight excluding hydrogens is 362 g/mol. The van der Waals surface area contributed by atoms with Crippen LogP contribution in [0.3, 0.4) is 0 Å². The molecule has 0 bridgehead atoms. The molecule has 0 radical (unpaired) electrons. The molecule has 1 aromatic heterocycles. The molecule has 2 rings (SSSR count). The van der Waals surface area contributed by atoms with Crippen LogP contribution in [0.15, 0.2) is 22.8 Å². The summed E-state index contributed by atoms with van der Waals surface area (Å²) in [7, 11) is -1.12. The third kappa shape index (κ3) is 3.80. The van der Waals surface area contributed by atoms with Crippen molar-refractivity contribution in [2.24, 2.45) is 0 Å². The fraction of sp³-hybridized carbons (Fsp3) is 0.438. The molecule has 22 heavy (non-hydrogen) atoms. The number of hydrogen-bond acceptors (Lipinski definition) is 2. The van der Waals surface area contributed by atoms with Crippen molar-refractivity contribution in [2.75, 3.05) is 6.61 Å². The Morgan fingerprint density at radius 3 is 2.64 bits per heavy atom. The van der Waals surface area contributed by atoms with Gasteiger partial charge in [-0.05, 0) is 30.7 Å². The number of nitrogens with zero attached hydrogens (tertiary/aromatic N) is 1. The molecule has 0 spiro atoms. The van der Waals surface area contributed by atoms with E-state index in [2.05, 4.69) is 35.6 Å². The van der Waals surface area contributed by atoms with Crippen molar-refractivity contribution < 1.29 is 14.6 Å². The average Bonchev–Trinajstić information content (AvgIpc) is 2.72. The van der Waals surface area contributed by atoms with Crippen LogP contribution in [0.25, 0.3) is 10.9 Å². The van der Waals surface area contributed by atoms with E-state index in [4.69, 9.17) is 4.74 Å². The van der Waals surface area contributed by atoms with E-state index in [9.17, 15) is 9.90 Å². The van der Waals surface area contributed by atoms with Crippen LogP contribution in [0.2, 0.25) is 25.7 Å². The molecule has 0 saturated carbocycles. The van der Waals surface area contributed by atoms with Crippen molar-refractivity contribution in [3.63, 3.8) is 0 Å². The predicted octanol–water partition coefficient (Wildman–Crippen LogP) is 4.72. The molecule has 1 N–H and O–H groups in total. The van der Waals surface area contributed by atoms with Crippen LogP contribution in [-0.2, 0) is 11.5 Å². The zero-order valence-electron chi connectivity index (χ0n) is 13.4. The Hall–Kier alpha value is -1.11. The third-order valence-electron chi connectivity index (χ3n) is 3.62. The lowest BCUT2D eigenvalue weighted by molar-refractivity contribution is 0.0696. The van der Waals surface area contributed by atoms with Gasteiger partial charge in [0.1, 0.15) is 6.73 Å².